The first-order chi connectivity index (χ1) is 15.7. The molecule has 1 heterocycles. The standard InChI is InChI=1S/C23H20ClN7O/c24-18-11-12-20(32)17(13-18)15-26-31-23-29-21(25-14-16-7-3-1-4-8-16)28-22(30-23)27-19-9-5-2-6-10-19/h1-13,15,32H,14H2,(H3,25,27,28,29,30,31)/b26-15+. The van der Waals surface area contributed by atoms with Gasteiger partial charge in [0.2, 0.25) is 17.8 Å². The number of anilines is 4. The second-order valence-electron chi connectivity index (χ2n) is 6.71. The summed E-state index contributed by atoms with van der Waals surface area (Å²) in [5.74, 6) is 1.02. The average molecular weight is 446 g/mol. The van der Waals surface area contributed by atoms with Crippen LogP contribution < -0.4 is 16.1 Å². The Labute approximate surface area is 190 Å². The van der Waals surface area contributed by atoms with E-state index in [1.807, 2.05) is 60.7 Å². The maximum Gasteiger partial charge on any atom is 0.250 e. The number of nitrogens with zero attached hydrogens (tertiary/aromatic N) is 4. The number of aromatic nitrogens is 3. The molecule has 160 valence electrons. The second kappa shape index (κ2) is 10.2. The van der Waals surface area contributed by atoms with Crippen molar-refractivity contribution in [3.63, 3.8) is 0 Å². The van der Waals surface area contributed by atoms with Crippen LogP contribution in [0.2, 0.25) is 5.02 Å². The van der Waals surface area contributed by atoms with Crippen molar-refractivity contribution in [2.75, 3.05) is 16.1 Å². The van der Waals surface area contributed by atoms with Crippen LogP contribution in [0.4, 0.5) is 23.5 Å². The van der Waals surface area contributed by atoms with Gasteiger partial charge in [-0.15, -0.1) is 0 Å². The maximum absolute atomic E-state index is 9.92. The smallest absolute Gasteiger partial charge is 0.250 e. The lowest BCUT2D eigenvalue weighted by Gasteiger charge is -2.10. The molecule has 4 N–H and O–H groups in total. The van der Waals surface area contributed by atoms with Gasteiger partial charge in [-0.2, -0.15) is 20.1 Å². The van der Waals surface area contributed by atoms with Gasteiger partial charge < -0.3 is 15.7 Å². The molecule has 4 rings (SSSR count). The summed E-state index contributed by atoms with van der Waals surface area (Å²) in [6.07, 6.45) is 1.44. The molecule has 0 amide bonds. The van der Waals surface area contributed by atoms with E-state index in [4.69, 9.17) is 11.6 Å². The van der Waals surface area contributed by atoms with Gasteiger partial charge in [0.25, 0.3) is 0 Å². The highest BCUT2D eigenvalue weighted by molar-refractivity contribution is 6.30. The van der Waals surface area contributed by atoms with E-state index in [0.717, 1.165) is 11.3 Å². The highest BCUT2D eigenvalue weighted by atomic mass is 35.5. The zero-order valence-electron chi connectivity index (χ0n) is 16.9. The van der Waals surface area contributed by atoms with Crippen molar-refractivity contribution >= 4 is 41.3 Å². The minimum atomic E-state index is 0.0623. The van der Waals surface area contributed by atoms with Crippen molar-refractivity contribution in [2.24, 2.45) is 5.10 Å². The summed E-state index contributed by atoms with van der Waals surface area (Å²) < 4.78 is 0. The fraction of sp³-hybridized carbons (Fsp3) is 0.0435. The van der Waals surface area contributed by atoms with Crippen molar-refractivity contribution in [2.45, 2.75) is 6.54 Å². The highest BCUT2D eigenvalue weighted by Gasteiger charge is 2.07. The number of rotatable bonds is 8. The molecule has 0 bridgehead atoms. The lowest BCUT2D eigenvalue weighted by Crippen LogP contribution is -2.09. The molecule has 4 aromatic rings. The largest absolute Gasteiger partial charge is 0.507 e. The number of para-hydroxylation sites is 1. The molecule has 0 unspecified atom stereocenters. The molecule has 0 fully saturated rings. The van der Waals surface area contributed by atoms with Crippen LogP contribution in [-0.4, -0.2) is 26.3 Å². The summed E-state index contributed by atoms with van der Waals surface area (Å²) in [5.41, 5.74) is 5.17. The van der Waals surface area contributed by atoms with E-state index in [9.17, 15) is 5.11 Å². The van der Waals surface area contributed by atoms with Crippen LogP contribution in [0.25, 0.3) is 0 Å². The molecule has 0 aliphatic heterocycles. The Morgan fingerprint density at radius 3 is 2.31 bits per heavy atom. The van der Waals surface area contributed by atoms with Crippen LogP contribution in [-0.2, 0) is 6.54 Å². The summed E-state index contributed by atoms with van der Waals surface area (Å²) in [6, 6.07) is 24.2. The fourth-order valence-electron chi connectivity index (χ4n) is 2.78. The average Bonchev–Trinajstić information content (AvgIpc) is 2.81. The van der Waals surface area contributed by atoms with Crippen LogP contribution in [0.1, 0.15) is 11.1 Å². The van der Waals surface area contributed by atoms with Crippen molar-refractivity contribution in [1.29, 1.82) is 0 Å². The zero-order valence-corrected chi connectivity index (χ0v) is 17.7. The number of halogens is 1. The van der Waals surface area contributed by atoms with Gasteiger partial charge in [-0.3, -0.25) is 0 Å². The van der Waals surface area contributed by atoms with Gasteiger partial charge in [0.15, 0.2) is 0 Å². The maximum atomic E-state index is 9.92. The summed E-state index contributed by atoms with van der Waals surface area (Å²) in [6.45, 7) is 0.550. The van der Waals surface area contributed by atoms with Gasteiger partial charge >= 0.3 is 0 Å². The van der Waals surface area contributed by atoms with E-state index in [1.165, 1.54) is 12.3 Å². The van der Waals surface area contributed by atoms with E-state index in [0.29, 0.717) is 29.0 Å². The quantitative estimate of drug-likeness (QED) is 0.222. The molecule has 0 spiro atoms. The van der Waals surface area contributed by atoms with Crippen molar-refractivity contribution in [3.05, 3.63) is 95.0 Å². The van der Waals surface area contributed by atoms with Gasteiger partial charge in [-0.05, 0) is 35.9 Å². The van der Waals surface area contributed by atoms with Gasteiger partial charge in [0, 0.05) is 22.8 Å². The second-order valence-corrected chi connectivity index (χ2v) is 7.15. The van der Waals surface area contributed by atoms with E-state index in [-0.39, 0.29) is 11.7 Å². The predicted octanol–water partition coefficient (Wildman–Crippen LogP) is 5.03. The van der Waals surface area contributed by atoms with Gasteiger partial charge in [-0.25, -0.2) is 5.43 Å². The number of aromatic hydroxyl groups is 1. The third-order valence-corrected chi connectivity index (χ3v) is 4.55. The Hall–Kier alpha value is -4.17. The molecule has 3 aromatic carbocycles. The van der Waals surface area contributed by atoms with E-state index in [2.05, 4.69) is 36.1 Å². The monoisotopic (exact) mass is 445 g/mol. The lowest BCUT2D eigenvalue weighted by atomic mass is 10.2. The Morgan fingerprint density at radius 2 is 1.53 bits per heavy atom. The third-order valence-electron chi connectivity index (χ3n) is 4.32. The number of hydrogen-bond donors (Lipinski definition) is 4. The number of phenolic OH excluding ortho intramolecular Hbond substituents is 1. The van der Waals surface area contributed by atoms with E-state index < -0.39 is 0 Å². The summed E-state index contributed by atoms with van der Waals surface area (Å²) >= 11 is 5.97. The van der Waals surface area contributed by atoms with Crippen LogP contribution >= 0.6 is 11.6 Å². The minimum Gasteiger partial charge on any atom is -0.507 e. The molecule has 0 saturated carbocycles. The van der Waals surface area contributed by atoms with Crippen molar-refractivity contribution < 1.29 is 5.11 Å². The molecule has 0 radical (unpaired) electrons. The Bertz CT molecular complexity index is 1200. The molecule has 0 atom stereocenters. The summed E-state index contributed by atoms with van der Waals surface area (Å²) in [5, 5.41) is 20.9. The molecule has 1 aromatic heterocycles. The normalized spacial score (nSPS) is 10.8. The number of phenols is 1. The van der Waals surface area contributed by atoms with Crippen LogP contribution in [0, 0.1) is 0 Å². The summed E-state index contributed by atoms with van der Waals surface area (Å²) in [4.78, 5) is 13.2. The Morgan fingerprint density at radius 1 is 0.844 bits per heavy atom. The van der Waals surface area contributed by atoms with E-state index >= 15 is 0 Å². The first-order valence-corrected chi connectivity index (χ1v) is 10.2. The molecule has 0 aliphatic rings. The zero-order chi connectivity index (χ0) is 22.2. The SMILES string of the molecule is Oc1ccc(Cl)cc1/C=N/Nc1nc(NCc2ccccc2)nc(Nc2ccccc2)n1. The van der Waals surface area contributed by atoms with Gasteiger partial charge in [0.1, 0.15) is 5.75 Å². The molecule has 8 nitrogen and oxygen atoms in total. The van der Waals surface area contributed by atoms with Crippen LogP contribution in [0.5, 0.6) is 5.75 Å². The fourth-order valence-corrected chi connectivity index (χ4v) is 2.96. The first kappa shape index (κ1) is 21.1. The van der Waals surface area contributed by atoms with Crippen LogP contribution in [0.15, 0.2) is 84.0 Å². The molecule has 0 saturated heterocycles. The topological polar surface area (TPSA) is 107 Å². The molecule has 32 heavy (non-hydrogen) atoms. The minimum absolute atomic E-state index is 0.0623. The molecule has 0 aliphatic carbocycles. The van der Waals surface area contributed by atoms with Gasteiger partial charge in [-0.1, -0.05) is 60.1 Å². The number of hydrazone groups is 1. The first-order valence-electron chi connectivity index (χ1n) is 9.79. The van der Waals surface area contributed by atoms with Gasteiger partial charge in [0.05, 0.1) is 6.21 Å². The molecular formula is C23H20ClN7O. The molecule has 9 heteroatoms. The number of benzene rings is 3. The lowest BCUT2D eigenvalue weighted by molar-refractivity contribution is 0.474. The number of nitrogens with one attached hydrogen (secondary N) is 3. The predicted molar refractivity (Wildman–Crippen MR) is 128 cm³/mol. The number of hydrogen-bond acceptors (Lipinski definition) is 8. The van der Waals surface area contributed by atoms with Crippen LogP contribution in [0.3, 0.4) is 0 Å². The van der Waals surface area contributed by atoms with E-state index in [1.54, 1.807) is 12.1 Å². The third kappa shape index (κ3) is 5.93. The van der Waals surface area contributed by atoms with Crippen molar-refractivity contribution in [3.8, 4) is 5.75 Å². The summed E-state index contributed by atoms with van der Waals surface area (Å²) in [7, 11) is 0. The Kier molecular flexibility index (Phi) is 6.74. The Balaban J connectivity index is 1.54. The molecular weight excluding hydrogens is 426 g/mol. The highest BCUT2D eigenvalue weighted by Crippen LogP contribution is 2.20. The van der Waals surface area contributed by atoms with Crippen molar-refractivity contribution in [1.82, 2.24) is 15.0 Å².